The molecule has 0 aliphatic carbocycles. The first-order chi connectivity index (χ1) is 15.1. The third kappa shape index (κ3) is 5.42. The molecule has 1 aromatic carbocycles. The predicted octanol–water partition coefficient (Wildman–Crippen LogP) is 4.49. The Morgan fingerprint density at radius 3 is 2.71 bits per heavy atom. The van der Waals surface area contributed by atoms with Gasteiger partial charge < -0.3 is 10.1 Å². The number of hydrogen-bond acceptors (Lipinski definition) is 7. The van der Waals surface area contributed by atoms with Crippen LogP contribution in [0.4, 0.5) is 11.5 Å². The molecule has 8 heteroatoms. The minimum Gasteiger partial charge on any atom is -0.455 e. The van der Waals surface area contributed by atoms with Gasteiger partial charge in [-0.05, 0) is 68.1 Å². The predicted molar refractivity (Wildman–Crippen MR) is 119 cm³/mol. The van der Waals surface area contributed by atoms with Gasteiger partial charge in [-0.15, -0.1) is 10.2 Å². The molecule has 3 aromatic heterocycles. The summed E-state index contributed by atoms with van der Waals surface area (Å²) in [5.74, 6) is 2.87. The molecule has 3 heterocycles. The maximum Gasteiger partial charge on any atom is 0.174 e. The standard InChI is InChI=1S/C23H25N7O/c1-4-18-6-7-21(16(3)25-18)31-20-9-10-24-23(14-20)26-19-12-15(2)11-17(13-19)5-8-22-27-29-30-28-22/h6-7,9-14H,4-5,8H2,1-3H3,(H,24,26)(H,27,28,29,30). The Bertz CT molecular complexity index is 1160. The largest absolute Gasteiger partial charge is 0.455 e. The van der Waals surface area contributed by atoms with Crippen LogP contribution in [0.3, 0.4) is 0 Å². The molecular weight excluding hydrogens is 390 g/mol. The molecule has 0 fully saturated rings. The summed E-state index contributed by atoms with van der Waals surface area (Å²) in [6.45, 7) is 6.12. The Balaban J connectivity index is 1.47. The highest BCUT2D eigenvalue weighted by atomic mass is 16.5. The van der Waals surface area contributed by atoms with Crippen molar-refractivity contribution in [3.63, 3.8) is 0 Å². The van der Waals surface area contributed by atoms with Crippen molar-refractivity contribution in [1.82, 2.24) is 30.6 Å². The fourth-order valence-corrected chi connectivity index (χ4v) is 3.35. The lowest BCUT2D eigenvalue weighted by Crippen LogP contribution is -1.99. The number of rotatable bonds is 8. The van der Waals surface area contributed by atoms with Crippen LogP contribution in [0, 0.1) is 13.8 Å². The van der Waals surface area contributed by atoms with Crippen molar-refractivity contribution in [2.45, 2.75) is 40.0 Å². The molecule has 8 nitrogen and oxygen atoms in total. The monoisotopic (exact) mass is 415 g/mol. The third-order valence-electron chi connectivity index (χ3n) is 4.85. The molecule has 0 saturated carbocycles. The summed E-state index contributed by atoms with van der Waals surface area (Å²) in [5.41, 5.74) is 5.25. The first kappa shape index (κ1) is 20.5. The van der Waals surface area contributed by atoms with Crippen molar-refractivity contribution in [1.29, 1.82) is 0 Å². The van der Waals surface area contributed by atoms with E-state index in [0.29, 0.717) is 17.4 Å². The van der Waals surface area contributed by atoms with E-state index in [1.165, 1.54) is 11.1 Å². The second-order valence-electron chi connectivity index (χ2n) is 7.38. The Morgan fingerprint density at radius 2 is 1.94 bits per heavy atom. The Hall–Kier alpha value is -3.81. The number of aromatic nitrogens is 6. The number of hydrogen-bond donors (Lipinski definition) is 2. The smallest absolute Gasteiger partial charge is 0.174 e. The van der Waals surface area contributed by atoms with Gasteiger partial charge in [0.15, 0.2) is 5.82 Å². The first-order valence-electron chi connectivity index (χ1n) is 10.3. The molecule has 0 radical (unpaired) electrons. The van der Waals surface area contributed by atoms with E-state index < -0.39 is 0 Å². The van der Waals surface area contributed by atoms with E-state index in [1.807, 2.05) is 31.2 Å². The lowest BCUT2D eigenvalue weighted by atomic mass is 10.1. The van der Waals surface area contributed by atoms with Gasteiger partial charge in [-0.25, -0.2) is 4.98 Å². The summed E-state index contributed by atoms with van der Waals surface area (Å²) in [6, 6.07) is 14.0. The van der Waals surface area contributed by atoms with E-state index >= 15 is 0 Å². The normalized spacial score (nSPS) is 10.8. The summed E-state index contributed by atoms with van der Waals surface area (Å²) in [7, 11) is 0. The van der Waals surface area contributed by atoms with Crippen LogP contribution in [0.5, 0.6) is 11.5 Å². The van der Waals surface area contributed by atoms with Crippen LogP contribution >= 0.6 is 0 Å². The average molecular weight is 416 g/mol. The van der Waals surface area contributed by atoms with Crippen molar-refractivity contribution >= 4 is 11.5 Å². The van der Waals surface area contributed by atoms with Crippen LogP contribution in [0.25, 0.3) is 0 Å². The number of benzene rings is 1. The Kier molecular flexibility index (Phi) is 6.16. The zero-order valence-corrected chi connectivity index (χ0v) is 17.9. The minimum atomic E-state index is 0.705. The van der Waals surface area contributed by atoms with Crippen molar-refractivity contribution < 1.29 is 4.74 Å². The van der Waals surface area contributed by atoms with E-state index in [2.05, 4.69) is 68.0 Å². The zero-order chi connectivity index (χ0) is 21.6. The number of ether oxygens (including phenoxy) is 1. The van der Waals surface area contributed by atoms with Crippen molar-refractivity contribution in [3.8, 4) is 11.5 Å². The summed E-state index contributed by atoms with van der Waals surface area (Å²) < 4.78 is 6.05. The highest BCUT2D eigenvalue weighted by Crippen LogP contribution is 2.27. The number of H-pyrrole nitrogens is 1. The number of aryl methyl sites for hydroxylation is 5. The molecule has 158 valence electrons. The molecule has 0 spiro atoms. The van der Waals surface area contributed by atoms with Crippen LogP contribution in [0.2, 0.25) is 0 Å². The molecule has 0 unspecified atom stereocenters. The van der Waals surface area contributed by atoms with Gasteiger partial charge in [0.1, 0.15) is 17.3 Å². The van der Waals surface area contributed by atoms with Gasteiger partial charge in [0.25, 0.3) is 0 Å². The summed E-state index contributed by atoms with van der Waals surface area (Å²) in [6.07, 6.45) is 4.18. The van der Waals surface area contributed by atoms with Crippen molar-refractivity contribution in [3.05, 3.63) is 77.0 Å². The molecule has 0 amide bonds. The number of tetrazole rings is 1. The van der Waals surface area contributed by atoms with Crippen molar-refractivity contribution in [2.75, 3.05) is 5.32 Å². The van der Waals surface area contributed by atoms with Gasteiger partial charge in [0.05, 0.1) is 5.69 Å². The van der Waals surface area contributed by atoms with Crippen LogP contribution in [-0.2, 0) is 19.3 Å². The van der Waals surface area contributed by atoms with E-state index in [1.54, 1.807) is 6.20 Å². The Morgan fingerprint density at radius 1 is 1.03 bits per heavy atom. The van der Waals surface area contributed by atoms with Crippen LogP contribution < -0.4 is 10.1 Å². The van der Waals surface area contributed by atoms with Crippen LogP contribution in [0.15, 0.2) is 48.7 Å². The van der Waals surface area contributed by atoms with Gasteiger partial charge in [0, 0.05) is 30.1 Å². The van der Waals surface area contributed by atoms with E-state index in [-0.39, 0.29) is 0 Å². The van der Waals surface area contributed by atoms with Gasteiger partial charge in [-0.3, -0.25) is 4.98 Å². The maximum absolute atomic E-state index is 6.05. The second-order valence-corrected chi connectivity index (χ2v) is 7.38. The lowest BCUT2D eigenvalue weighted by molar-refractivity contribution is 0.475. The molecule has 0 aliphatic rings. The molecule has 0 bridgehead atoms. The second kappa shape index (κ2) is 9.34. The highest BCUT2D eigenvalue weighted by molar-refractivity contribution is 5.59. The molecule has 0 atom stereocenters. The number of anilines is 2. The number of nitrogens with zero attached hydrogens (tertiary/aromatic N) is 5. The van der Waals surface area contributed by atoms with E-state index in [9.17, 15) is 0 Å². The highest BCUT2D eigenvalue weighted by Gasteiger charge is 2.07. The molecule has 0 saturated heterocycles. The SMILES string of the molecule is CCc1ccc(Oc2ccnc(Nc3cc(C)cc(CCc4nn[nH]n4)c3)c2)c(C)n1. The average Bonchev–Trinajstić information content (AvgIpc) is 3.27. The fraction of sp³-hybridized carbons (Fsp3) is 0.261. The molecular formula is C23H25N7O. The topological polar surface area (TPSA) is 102 Å². The lowest BCUT2D eigenvalue weighted by Gasteiger charge is -2.12. The zero-order valence-electron chi connectivity index (χ0n) is 17.9. The van der Waals surface area contributed by atoms with Crippen LogP contribution in [-0.4, -0.2) is 30.6 Å². The molecule has 0 aliphatic heterocycles. The minimum absolute atomic E-state index is 0.705. The molecule has 4 rings (SSSR count). The number of nitrogens with one attached hydrogen (secondary N) is 2. The third-order valence-corrected chi connectivity index (χ3v) is 4.85. The summed E-state index contributed by atoms with van der Waals surface area (Å²) in [5, 5.41) is 17.5. The molecule has 31 heavy (non-hydrogen) atoms. The van der Waals surface area contributed by atoms with Gasteiger partial charge in [-0.2, -0.15) is 5.21 Å². The number of pyridine rings is 2. The Labute approximate surface area is 181 Å². The summed E-state index contributed by atoms with van der Waals surface area (Å²) in [4.78, 5) is 9.00. The van der Waals surface area contributed by atoms with Gasteiger partial charge in [-0.1, -0.05) is 18.2 Å². The fourth-order valence-electron chi connectivity index (χ4n) is 3.35. The quantitative estimate of drug-likeness (QED) is 0.437. The van der Waals surface area contributed by atoms with E-state index in [0.717, 1.165) is 42.1 Å². The summed E-state index contributed by atoms with van der Waals surface area (Å²) >= 11 is 0. The van der Waals surface area contributed by atoms with Gasteiger partial charge >= 0.3 is 0 Å². The van der Waals surface area contributed by atoms with Gasteiger partial charge in [0.2, 0.25) is 0 Å². The molecule has 4 aromatic rings. The van der Waals surface area contributed by atoms with Crippen LogP contribution in [0.1, 0.15) is 35.3 Å². The number of aromatic amines is 1. The van der Waals surface area contributed by atoms with Crippen molar-refractivity contribution in [2.24, 2.45) is 0 Å². The molecule has 2 N–H and O–H groups in total. The maximum atomic E-state index is 6.05. The first-order valence-corrected chi connectivity index (χ1v) is 10.3. The van der Waals surface area contributed by atoms with E-state index in [4.69, 9.17) is 4.74 Å².